The summed E-state index contributed by atoms with van der Waals surface area (Å²) in [4.78, 5) is 23.3. The Morgan fingerprint density at radius 2 is 1.48 bits per heavy atom. The number of nitrogens with one attached hydrogen (secondary N) is 1. The van der Waals surface area contributed by atoms with Crippen molar-refractivity contribution in [2.75, 3.05) is 0 Å². The summed E-state index contributed by atoms with van der Waals surface area (Å²) in [6.07, 6.45) is 1.31. The van der Waals surface area contributed by atoms with Gasteiger partial charge in [-0.05, 0) is 35.4 Å². The second kappa shape index (κ2) is 9.29. The van der Waals surface area contributed by atoms with E-state index in [1.807, 2.05) is 0 Å². The van der Waals surface area contributed by atoms with Gasteiger partial charge in [-0.15, -0.1) is 0 Å². The minimum absolute atomic E-state index is 0.0147. The van der Waals surface area contributed by atoms with Crippen LogP contribution in [0.25, 0.3) is 11.3 Å². The number of amides is 1. The van der Waals surface area contributed by atoms with Gasteiger partial charge in [-0.3, -0.25) is 14.9 Å². The SMILES string of the molecule is O=C(N/N=C\c1ccc(-c2ccc([N+](=O)[O-])cc2)o1)C(O)(c1ccccc1)c1ccccc1. The number of rotatable bonds is 7. The van der Waals surface area contributed by atoms with Crippen LogP contribution in [0, 0.1) is 10.1 Å². The number of carbonyl (C=O) groups is 1. The van der Waals surface area contributed by atoms with Crippen molar-refractivity contribution in [2.24, 2.45) is 5.10 Å². The van der Waals surface area contributed by atoms with Gasteiger partial charge >= 0.3 is 0 Å². The second-order valence-corrected chi connectivity index (χ2v) is 7.15. The normalized spacial score (nSPS) is 11.4. The number of non-ortho nitro benzene ring substituents is 1. The summed E-state index contributed by atoms with van der Waals surface area (Å²) in [6, 6.07) is 26.5. The molecular formula is C25H19N3O5. The molecule has 1 amide bonds. The van der Waals surface area contributed by atoms with Crippen LogP contribution < -0.4 is 5.43 Å². The van der Waals surface area contributed by atoms with E-state index in [1.165, 1.54) is 18.3 Å². The van der Waals surface area contributed by atoms with Crippen LogP contribution in [-0.2, 0) is 10.4 Å². The molecule has 0 radical (unpaired) electrons. The van der Waals surface area contributed by atoms with Crippen LogP contribution in [0.4, 0.5) is 5.69 Å². The highest BCUT2D eigenvalue weighted by Gasteiger charge is 2.39. The second-order valence-electron chi connectivity index (χ2n) is 7.15. The number of hydrogen-bond donors (Lipinski definition) is 2. The molecule has 2 N–H and O–H groups in total. The molecule has 0 unspecified atom stereocenters. The number of nitro benzene ring substituents is 1. The predicted octanol–water partition coefficient (Wildman–Crippen LogP) is 4.24. The lowest BCUT2D eigenvalue weighted by molar-refractivity contribution is -0.384. The Balaban J connectivity index is 1.51. The van der Waals surface area contributed by atoms with Crippen LogP contribution in [0.5, 0.6) is 0 Å². The molecule has 0 saturated heterocycles. The topological polar surface area (TPSA) is 118 Å². The molecule has 1 aromatic heterocycles. The Bertz CT molecular complexity index is 1240. The monoisotopic (exact) mass is 441 g/mol. The van der Waals surface area contributed by atoms with Crippen LogP contribution in [0.2, 0.25) is 0 Å². The molecule has 4 rings (SSSR count). The van der Waals surface area contributed by atoms with Crippen molar-refractivity contribution in [3.63, 3.8) is 0 Å². The standard InChI is InChI=1S/C25H19N3O5/c29-24(25(30,19-7-3-1-4-8-19)20-9-5-2-6-10-20)27-26-17-22-15-16-23(33-22)18-11-13-21(14-12-18)28(31)32/h1-17,30H,(H,27,29)/b26-17-. The van der Waals surface area contributed by atoms with Crippen LogP contribution in [0.15, 0.2) is 107 Å². The van der Waals surface area contributed by atoms with Crippen molar-refractivity contribution in [1.29, 1.82) is 0 Å². The average Bonchev–Trinajstić information content (AvgIpc) is 3.33. The highest BCUT2D eigenvalue weighted by molar-refractivity contribution is 5.91. The maximum Gasteiger partial charge on any atom is 0.281 e. The molecule has 0 aliphatic carbocycles. The summed E-state index contributed by atoms with van der Waals surface area (Å²) in [7, 11) is 0. The van der Waals surface area contributed by atoms with Crippen LogP contribution in [-0.4, -0.2) is 22.2 Å². The fourth-order valence-corrected chi connectivity index (χ4v) is 3.35. The van der Waals surface area contributed by atoms with E-state index in [1.54, 1.807) is 84.9 Å². The molecule has 3 aromatic carbocycles. The molecule has 33 heavy (non-hydrogen) atoms. The molecule has 1 heterocycles. The first-order chi connectivity index (χ1) is 16.0. The lowest BCUT2D eigenvalue weighted by Crippen LogP contribution is -2.43. The van der Waals surface area contributed by atoms with Gasteiger partial charge in [0.2, 0.25) is 0 Å². The molecule has 4 aromatic rings. The highest BCUT2D eigenvalue weighted by Crippen LogP contribution is 2.30. The Hall–Kier alpha value is -4.56. The maximum absolute atomic E-state index is 13.0. The zero-order valence-electron chi connectivity index (χ0n) is 17.3. The van der Waals surface area contributed by atoms with E-state index in [9.17, 15) is 20.0 Å². The van der Waals surface area contributed by atoms with Gasteiger partial charge in [-0.2, -0.15) is 5.10 Å². The zero-order chi connectivity index (χ0) is 23.3. The van der Waals surface area contributed by atoms with Crippen molar-refractivity contribution in [2.45, 2.75) is 5.60 Å². The number of nitrogens with zero attached hydrogens (tertiary/aromatic N) is 2. The number of nitro groups is 1. The fraction of sp³-hybridized carbons (Fsp3) is 0.0400. The number of hydrogen-bond acceptors (Lipinski definition) is 6. The van der Waals surface area contributed by atoms with Crippen molar-refractivity contribution < 1.29 is 19.2 Å². The number of aliphatic hydroxyl groups is 1. The first-order valence-electron chi connectivity index (χ1n) is 10.00. The third kappa shape index (κ3) is 4.56. The van der Waals surface area contributed by atoms with E-state index < -0.39 is 16.4 Å². The van der Waals surface area contributed by atoms with Crippen LogP contribution in [0.3, 0.4) is 0 Å². The molecule has 0 bridgehead atoms. The molecule has 0 atom stereocenters. The molecule has 0 saturated carbocycles. The van der Waals surface area contributed by atoms with Crippen molar-refractivity contribution in [1.82, 2.24) is 5.43 Å². The molecule has 164 valence electrons. The van der Waals surface area contributed by atoms with Gasteiger partial charge in [0.15, 0.2) is 5.60 Å². The van der Waals surface area contributed by atoms with Crippen molar-refractivity contribution >= 4 is 17.8 Å². The number of hydrazone groups is 1. The van der Waals surface area contributed by atoms with E-state index in [4.69, 9.17) is 4.42 Å². The minimum Gasteiger partial charge on any atom is -0.455 e. The van der Waals surface area contributed by atoms with Gasteiger partial charge in [0.1, 0.15) is 11.5 Å². The molecule has 0 aliphatic heterocycles. The van der Waals surface area contributed by atoms with E-state index in [0.717, 1.165) is 0 Å². The summed E-state index contributed by atoms with van der Waals surface area (Å²) in [5.41, 5.74) is 1.90. The maximum atomic E-state index is 13.0. The number of benzene rings is 3. The summed E-state index contributed by atoms with van der Waals surface area (Å²) in [5.74, 6) is 0.118. The smallest absolute Gasteiger partial charge is 0.281 e. The van der Waals surface area contributed by atoms with E-state index >= 15 is 0 Å². The Kier molecular flexibility index (Phi) is 6.10. The largest absolute Gasteiger partial charge is 0.455 e. The van der Waals surface area contributed by atoms with Gasteiger partial charge in [0, 0.05) is 17.7 Å². The molecule has 0 spiro atoms. The average molecular weight is 441 g/mol. The minimum atomic E-state index is -1.94. The van der Waals surface area contributed by atoms with Gasteiger partial charge in [-0.1, -0.05) is 60.7 Å². The molecule has 8 nitrogen and oxygen atoms in total. The summed E-state index contributed by atoms with van der Waals surface area (Å²) in [6.45, 7) is 0. The number of furan rings is 1. The first-order valence-corrected chi connectivity index (χ1v) is 10.00. The Labute approximate surface area is 189 Å². The van der Waals surface area contributed by atoms with Crippen molar-refractivity contribution in [3.8, 4) is 11.3 Å². The van der Waals surface area contributed by atoms with Crippen LogP contribution >= 0.6 is 0 Å². The van der Waals surface area contributed by atoms with Gasteiger partial charge in [0.05, 0.1) is 11.1 Å². The zero-order valence-corrected chi connectivity index (χ0v) is 17.3. The first kappa shape index (κ1) is 21.7. The third-order valence-electron chi connectivity index (χ3n) is 5.06. The molecule has 0 fully saturated rings. The van der Waals surface area contributed by atoms with Crippen molar-refractivity contribution in [3.05, 3.63) is 124 Å². The van der Waals surface area contributed by atoms with E-state index in [0.29, 0.717) is 28.2 Å². The summed E-state index contributed by atoms with van der Waals surface area (Å²) >= 11 is 0. The Morgan fingerprint density at radius 1 is 0.909 bits per heavy atom. The van der Waals surface area contributed by atoms with E-state index in [-0.39, 0.29) is 5.69 Å². The summed E-state index contributed by atoms with van der Waals surface area (Å²) in [5, 5.41) is 26.1. The van der Waals surface area contributed by atoms with Gasteiger partial charge < -0.3 is 9.52 Å². The van der Waals surface area contributed by atoms with Gasteiger partial charge in [0.25, 0.3) is 11.6 Å². The van der Waals surface area contributed by atoms with Crippen LogP contribution in [0.1, 0.15) is 16.9 Å². The quantitative estimate of drug-likeness (QED) is 0.253. The molecule has 0 aliphatic rings. The lowest BCUT2D eigenvalue weighted by Gasteiger charge is -2.26. The predicted molar refractivity (Wildman–Crippen MR) is 122 cm³/mol. The summed E-state index contributed by atoms with van der Waals surface area (Å²) < 4.78 is 5.67. The molecule has 8 heteroatoms. The Morgan fingerprint density at radius 3 is 2.03 bits per heavy atom. The van der Waals surface area contributed by atoms with E-state index in [2.05, 4.69) is 10.5 Å². The fourth-order valence-electron chi connectivity index (χ4n) is 3.35. The van der Waals surface area contributed by atoms with Gasteiger partial charge in [-0.25, -0.2) is 5.43 Å². The third-order valence-corrected chi connectivity index (χ3v) is 5.06. The lowest BCUT2D eigenvalue weighted by atomic mass is 9.85. The highest BCUT2D eigenvalue weighted by atomic mass is 16.6. The molecular weight excluding hydrogens is 422 g/mol. The number of carbonyl (C=O) groups excluding carboxylic acids is 1.